The summed E-state index contributed by atoms with van der Waals surface area (Å²) in [5, 5.41) is 3.21. The zero-order chi connectivity index (χ0) is 13.0. The lowest BCUT2D eigenvalue weighted by atomic mass is 9.89. The van der Waals surface area contributed by atoms with E-state index in [0.717, 1.165) is 19.3 Å². The molecule has 1 aliphatic carbocycles. The van der Waals surface area contributed by atoms with Crippen molar-refractivity contribution >= 4 is 5.96 Å². The molecule has 0 spiro atoms. The lowest BCUT2D eigenvalue weighted by Gasteiger charge is -2.23. The molecule has 98 valence electrons. The average molecular weight is 246 g/mol. The van der Waals surface area contributed by atoms with Gasteiger partial charge in [0.05, 0.1) is 6.04 Å². The zero-order valence-electron chi connectivity index (χ0n) is 11.1. The number of aryl methyl sites for hydroxylation is 1. The second-order valence-corrected chi connectivity index (χ2v) is 5.09. The van der Waals surface area contributed by atoms with Crippen LogP contribution in [-0.2, 0) is 12.8 Å². The van der Waals surface area contributed by atoms with Crippen molar-refractivity contribution in [3.05, 3.63) is 35.4 Å². The predicted molar refractivity (Wildman–Crippen MR) is 75.3 cm³/mol. The van der Waals surface area contributed by atoms with Crippen LogP contribution in [0.25, 0.3) is 0 Å². The number of rotatable bonds is 2. The molecule has 1 aliphatic rings. The molecule has 1 unspecified atom stereocenters. The van der Waals surface area contributed by atoms with Crippen LogP contribution in [0.1, 0.15) is 31.4 Å². The first-order valence-corrected chi connectivity index (χ1v) is 6.56. The molecule has 18 heavy (non-hydrogen) atoms. The third-order valence-electron chi connectivity index (χ3n) is 3.19. The molecule has 0 fully saturated rings. The molecule has 0 saturated heterocycles. The summed E-state index contributed by atoms with van der Waals surface area (Å²) in [4.78, 5) is 4.66. The Morgan fingerprint density at radius 2 is 2.06 bits per heavy atom. The number of nitrogens with zero attached hydrogens (tertiary/aromatic N) is 1. The fourth-order valence-electron chi connectivity index (χ4n) is 2.36. The normalized spacial score (nSPS) is 19.6. The summed E-state index contributed by atoms with van der Waals surface area (Å²) in [6.45, 7) is 4.14. The molecule has 4 nitrogen and oxygen atoms in total. The topological polar surface area (TPSA) is 62.4 Å². The minimum atomic E-state index is 0.317. The van der Waals surface area contributed by atoms with Crippen LogP contribution in [0.15, 0.2) is 29.3 Å². The van der Waals surface area contributed by atoms with Crippen LogP contribution in [0.2, 0.25) is 0 Å². The van der Waals surface area contributed by atoms with Gasteiger partial charge in [-0.25, -0.2) is 10.8 Å². The second kappa shape index (κ2) is 5.87. The van der Waals surface area contributed by atoms with Gasteiger partial charge in [0.1, 0.15) is 0 Å². The molecular weight excluding hydrogens is 224 g/mol. The van der Waals surface area contributed by atoms with Crippen molar-refractivity contribution in [2.24, 2.45) is 10.8 Å². The largest absolute Gasteiger partial charge is 0.353 e. The Morgan fingerprint density at radius 1 is 1.33 bits per heavy atom. The molecule has 0 aromatic heterocycles. The first kappa shape index (κ1) is 12.9. The Balaban J connectivity index is 2.06. The maximum Gasteiger partial charge on any atom is 0.206 e. The monoisotopic (exact) mass is 246 g/mol. The van der Waals surface area contributed by atoms with Crippen LogP contribution >= 0.6 is 0 Å². The van der Waals surface area contributed by atoms with Gasteiger partial charge in [-0.05, 0) is 44.2 Å². The number of hydrazine groups is 1. The fraction of sp³-hybridized carbons (Fsp3) is 0.500. The summed E-state index contributed by atoms with van der Waals surface area (Å²) in [5.41, 5.74) is 5.52. The second-order valence-electron chi connectivity index (χ2n) is 5.09. The molecule has 0 aliphatic heterocycles. The van der Waals surface area contributed by atoms with E-state index in [0.29, 0.717) is 18.0 Å². The van der Waals surface area contributed by atoms with E-state index in [4.69, 9.17) is 5.84 Å². The highest BCUT2D eigenvalue weighted by Crippen LogP contribution is 2.22. The number of fused-ring (bicyclic) bond motifs is 1. The maximum atomic E-state index is 5.49. The van der Waals surface area contributed by atoms with Gasteiger partial charge in [0.15, 0.2) is 0 Å². The number of nitrogens with one attached hydrogen (secondary N) is 2. The number of guanidine groups is 1. The van der Waals surface area contributed by atoms with Gasteiger partial charge in [-0.2, -0.15) is 0 Å². The van der Waals surface area contributed by atoms with E-state index < -0.39 is 0 Å². The van der Waals surface area contributed by atoms with Crippen molar-refractivity contribution in [1.82, 2.24) is 10.7 Å². The van der Waals surface area contributed by atoms with E-state index in [1.165, 1.54) is 11.1 Å². The number of benzene rings is 1. The van der Waals surface area contributed by atoms with Gasteiger partial charge in [0.2, 0.25) is 5.96 Å². The third kappa shape index (κ3) is 3.23. The van der Waals surface area contributed by atoms with Gasteiger partial charge in [-0.1, -0.05) is 24.3 Å². The molecular formula is C14H22N4. The van der Waals surface area contributed by atoms with Gasteiger partial charge in [0.25, 0.3) is 0 Å². The third-order valence-corrected chi connectivity index (χ3v) is 3.19. The van der Waals surface area contributed by atoms with Crippen LogP contribution in [0.4, 0.5) is 0 Å². The number of hydrogen-bond acceptors (Lipinski definition) is 2. The van der Waals surface area contributed by atoms with Crippen LogP contribution in [0.3, 0.4) is 0 Å². The quantitative estimate of drug-likeness (QED) is 0.319. The lowest BCUT2D eigenvalue weighted by molar-refractivity contribution is 0.568. The lowest BCUT2D eigenvalue weighted by Crippen LogP contribution is -2.45. The standard InChI is InChI=1S/C14H22N4/c1-10(2)16-14(18-15)17-13-8-7-11-5-3-4-6-12(11)9-13/h3-6,10,13H,7-9,15H2,1-2H3,(H2,16,17,18). The molecule has 2 rings (SSSR count). The molecule has 0 heterocycles. The molecule has 0 radical (unpaired) electrons. The Bertz CT molecular complexity index is 426. The van der Waals surface area contributed by atoms with E-state index in [9.17, 15) is 0 Å². The Kier molecular flexibility index (Phi) is 4.20. The maximum absolute atomic E-state index is 5.49. The van der Waals surface area contributed by atoms with Gasteiger partial charge >= 0.3 is 0 Å². The van der Waals surface area contributed by atoms with Crippen molar-refractivity contribution in [2.45, 2.75) is 45.2 Å². The van der Waals surface area contributed by atoms with Gasteiger partial charge < -0.3 is 5.32 Å². The number of hydrogen-bond donors (Lipinski definition) is 3. The van der Waals surface area contributed by atoms with Crippen molar-refractivity contribution in [3.63, 3.8) is 0 Å². The Morgan fingerprint density at radius 3 is 2.72 bits per heavy atom. The molecule has 4 heteroatoms. The molecule has 1 aromatic rings. The Labute approximate surface area is 109 Å². The molecule has 0 bridgehead atoms. The smallest absolute Gasteiger partial charge is 0.206 e. The minimum absolute atomic E-state index is 0.317. The summed E-state index contributed by atoms with van der Waals surface area (Å²) in [7, 11) is 0. The van der Waals surface area contributed by atoms with Crippen molar-refractivity contribution < 1.29 is 0 Å². The first-order valence-electron chi connectivity index (χ1n) is 6.56. The molecule has 0 amide bonds. The highest BCUT2D eigenvalue weighted by atomic mass is 15.3. The van der Waals surface area contributed by atoms with Gasteiger partial charge in [-0.15, -0.1) is 0 Å². The summed E-state index contributed by atoms with van der Waals surface area (Å²) >= 11 is 0. The molecule has 1 atom stereocenters. The zero-order valence-corrected chi connectivity index (χ0v) is 11.1. The van der Waals surface area contributed by atoms with E-state index in [-0.39, 0.29) is 0 Å². The van der Waals surface area contributed by atoms with Gasteiger partial charge in [0, 0.05) is 6.04 Å². The highest BCUT2D eigenvalue weighted by molar-refractivity contribution is 5.79. The summed E-state index contributed by atoms with van der Waals surface area (Å²) in [6.07, 6.45) is 3.19. The molecule has 4 N–H and O–H groups in total. The fourth-order valence-corrected chi connectivity index (χ4v) is 2.36. The Hall–Kier alpha value is -1.55. The van der Waals surface area contributed by atoms with E-state index in [1.54, 1.807) is 0 Å². The van der Waals surface area contributed by atoms with Crippen molar-refractivity contribution in [1.29, 1.82) is 0 Å². The number of aliphatic imine (C=N–C) groups is 1. The minimum Gasteiger partial charge on any atom is -0.353 e. The van der Waals surface area contributed by atoms with Crippen LogP contribution < -0.4 is 16.6 Å². The van der Waals surface area contributed by atoms with E-state index >= 15 is 0 Å². The summed E-state index contributed by atoms with van der Waals surface area (Å²) in [6, 6.07) is 9.26. The molecule has 0 saturated carbocycles. The van der Waals surface area contributed by atoms with E-state index in [2.05, 4.69) is 53.8 Å². The van der Waals surface area contributed by atoms with Crippen LogP contribution in [-0.4, -0.2) is 18.0 Å². The SMILES string of the molecule is CC(C)NC(=NC1CCc2ccccc2C1)NN. The molecule has 1 aromatic carbocycles. The highest BCUT2D eigenvalue weighted by Gasteiger charge is 2.18. The predicted octanol–water partition coefficient (Wildman–Crippen LogP) is 1.36. The first-order chi connectivity index (χ1) is 8.69. The van der Waals surface area contributed by atoms with Crippen molar-refractivity contribution in [3.8, 4) is 0 Å². The van der Waals surface area contributed by atoms with Crippen molar-refractivity contribution in [2.75, 3.05) is 0 Å². The van der Waals surface area contributed by atoms with E-state index in [1.807, 2.05) is 0 Å². The van der Waals surface area contributed by atoms with Gasteiger partial charge in [-0.3, -0.25) is 5.43 Å². The summed E-state index contributed by atoms with van der Waals surface area (Å²) in [5.74, 6) is 6.18. The summed E-state index contributed by atoms with van der Waals surface area (Å²) < 4.78 is 0. The number of nitrogens with two attached hydrogens (primary N) is 1. The van der Waals surface area contributed by atoms with Crippen LogP contribution in [0, 0.1) is 0 Å². The van der Waals surface area contributed by atoms with Crippen LogP contribution in [0.5, 0.6) is 0 Å². The average Bonchev–Trinajstić information content (AvgIpc) is 2.37.